The zero-order valence-corrected chi connectivity index (χ0v) is 14.2. The minimum Gasteiger partial charge on any atom is -0.347 e. The van der Waals surface area contributed by atoms with Crippen molar-refractivity contribution in [3.05, 3.63) is 52.8 Å². The van der Waals surface area contributed by atoms with Crippen molar-refractivity contribution in [1.29, 1.82) is 0 Å². The van der Waals surface area contributed by atoms with Gasteiger partial charge in [-0.1, -0.05) is 12.1 Å². The zero-order chi connectivity index (χ0) is 17.3. The van der Waals surface area contributed by atoms with Crippen LogP contribution in [0.25, 0.3) is 0 Å². The molecule has 2 aromatic rings. The third-order valence-electron chi connectivity index (χ3n) is 4.30. The molecule has 126 valence electrons. The summed E-state index contributed by atoms with van der Waals surface area (Å²) in [6.07, 6.45) is 0.369. The van der Waals surface area contributed by atoms with E-state index in [9.17, 15) is 9.59 Å². The number of nitrogens with zero attached hydrogens (tertiary/aromatic N) is 3. The van der Waals surface area contributed by atoms with Gasteiger partial charge in [-0.3, -0.25) is 14.3 Å². The van der Waals surface area contributed by atoms with Crippen molar-refractivity contribution >= 4 is 11.8 Å². The first kappa shape index (κ1) is 16.2. The Hall–Kier alpha value is -2.63. The first-order valence-corrected chi connectivity index (χ1v) is 8.07. The van der Waals surface area contributed by atoms with E-state index in [1.165, 1.54) is 0 Å². The summed E-state index contributed by atoms with van der Waals surface area (Å²) in [6, 6.07) is 9.45. The lowest BCUT2D eigenvalue weighted by Crippen LogP contribution is -2.36. The molecule has 0 bridgehead atoms. The minimum absolute atomic E-state index is 0.0681. The standard InChI is InChI=1S/C18H22N4O2/c1-12-7-13(2)22(20-12)10-14-5-4-6-15(8-14)18(24)19-16-9-17(23)21(3)11-16/h4-8,16H,9-11H2,1-3H3,(H,19,24)/t16-/m1/s1. The van der Waals surface area contributed by atoms with Crippen LogP contribution in [0.5, 0.6) is 0 Å². The van der Waals surface area contributed by atoms with Crippen molar-refractivity contribution in [2.45, 2.75) is 32.9 Å². The van der Waals surface area contributed by atoms with Crippen LogP contribution in [0.15, 0.2) is 30.3 Å². The van der Waals surface area contributed by atoms with Gasteiger partial charge in [-0.2, -0.15) is 5.10 Å². The number of hydrogen-bond acceptors (Lipinski definition) is 3. The van der Waals surface area contributed by atoms with Crippen LogP contribution in [0, 0.1) is 13.8 Å². The highest BCUT2D eigenvalue weighted by atomic mass is 16.2. The predicted molar refractivity (Wildman–Crippen MR) is 90.8 cm³/mol. The molecule has 0 unspecified atom stereocenters. The molecule has 6 heteroatoms. The normalized spacial score (nSPS) is 17.4. The largest absolute Gasteiger partial charge is 0.347 e. The van der Waals surface area contributed by atoms with Crippen LogP contribution in [-0.2, 0) is 11.3 Å². The summed E-state index contributed by atoms with van der Waals surface area (Å²) in [5, 5.41) is 7.39. The van der Waals surface area contributed by atoms with Crippen LogP contribution in [0.3, 0.4) is 0 Å². The van der Waals surface area contributed by atoms with Crippen LogP contribution in [0.1, 0.15) is 33.7 Å². The highest BCUT2D eigenvalue weighted by molar-refractivity contribution is 5.95. The van der Waals surface area contributed by atoms with E-state index in [1.807, 2.05) is 42.8 Å². The topological polar surface area (TPSA) is 67.2 Å². The molecule has 1 atom stereocenters. The summed E-state index contributed by atoms with van der Waals surface area (Å²) in [7, 11) is 1.75. The maximum atomic E-state index is 12.4. The Kier molecular flexibility index (Phi) is 4.38. The number of benzene rings is 1. The van der Waals surface area contributed by atoms with Crippen molar-refractivity contribution in [3.8, 4) is 0 Å². The number of likely N-dealkylation sites (tertiary alicyclic amines) is 1. The van der Waals surface area contributed by atoms with E-state index in [-0.39, 0.29) is 17.9 Å². The summed E-state index contributed by atoms with van der Waals surface area (Å²) in [4.78, 5) is 25.6. The van der Waals surface area contributed by atoms with Gasteiger partial charge >= 0.3 is 0 Å². The first-order chi connectivity index (χ1) is 11.4. The molecule has 0 spiro atoms. The Morgan fingerprint density at radius 3 is 2.75 bits per heavy atom. The van der Waals surface area contributed by atoms with Gasteiger partial charge in [0.15, 0.2) is 0 Å². The molecule has 3 rings (SSSR count). The molecule has 1 fully saturated rings. The highest BCUT2D eigenvalue weighted by Gasteiger charge is 2.28. The van der Waals surface area contributed by atoms with Gasteiger partial charge in [0.25, 0.3) is 5.91 Å². The number of hydrogen-bond donors (Lipinski definition) is 1. The van der Waals surface area contributed by atoms with E-state index in [1.54, 1.807) is 18.0 Å². The fraction of sp³-hybridized carbons (Fsp3) is 0.389. The van der Waals surface area contributed by atoms with Crippen LogP contribution >= 0.6 is 0 Å². The Morgan fingerprint density at radius 2 is 2.12 bits per heavy atom. The summed E-state index contributed by atoms with van der Waals surface area (Å²) in [5.41, 5.74) is 3.70. The molecule has 0 aliphatic carbocycles. The fourth-order valence-corrected chi connectivity index (χ4v) is 3.05. The second kappa shape index (κ2) is 6.47. The monoisotopic (exact) mass is 326 g/mol. The first-order valence-electron chi connectivity index (χ1n) is 8.07. The van der Waals surface area contributed by atoms with Gasteiger partial charge in [0, 0.05) is 31.3 Å². The van der Waals surface area contributed by atoms with Crippen molar-refractivity contribution in [1.82, 2.24) is 20.0 Å². The fourth-order valence-electron chi connectivity index (χ4n) is 3.05. The number of rotatable bonds is 4. The maximum absolute atomic E-state index is 12.4. The number of amides is 2. The second-order valence-electron chi connectivity index (χ2n) is 6.43. The second-order valence-corrected chi connectivity index (χ2v) is 6.43. The molecule has 1 aromatic carbocycles. The molecule has 0 saturated carbocycles. The minimum atomic E-state index is -0.140. The molecule has 1 aromatic heterocycles. The molecular weight excluding hydrogens is 304 g/mol. The van der Waals surface area contributed by atoms with Crippen LogP contribution in [0.4, 0.5) is 0 Å². The van der Waals surface area contributed by atoms with Crippen molar-refractivity contribution in [2.75, 3.05) is 13.6 Å². The maximum Gasteiger partial charge on any atom is 0.251 e. The molecule has 2 amide bonds. The number of carbonyl (C=O) groups excluding carboxylic acids is 2. The quantitative estimate of drug-likeness (QED) is 0.926. The average molecular weight is 326 g/mol. The molecule has 1 saturated heterocycles. The molecule has 1 aliphatic rings. The van der Waals surface area contributed by atoms with Crippen molar-refractivity contribution < 1.29 is 9.59 Å². The van der Waals surface area contributed by atoms with E-state index >= 15 is 0 Å². The lowest BCUT2D eigenvalue weighted by Gasteiger charge is -2.13. The van der Waals surface area contributed by atoms with Gasteiger partial charge in [0.1, 0.15) is 0 Å². The molecule has 1 aliphatic heterocycles. The Bertz CT molecular complexity index is 781. The summed E-state index contributed by atoms with van der Waals surface area (Å²) >= 11 is 0. The van der Waals surface area contributed by atoms with Crippen molar-refractivity contribution in [3.63, 3.8) is 0 Å². The lowest BCUT2D eigenvalue weighted by atomic mass is 10.1. The smallest absolute Gasteiger partial charge is 0.251 e. The van der Waals surface area contributed by atoms with Crippen LogP contribution < -0.4 is 5.32 Å². The number of aryl methyl sites for hydroxylation is 2. The van der Waals surface area contributed by atoms with E-state index in [0.717, 1.165) is 17.0 Å². The lowest BCUT2D eigenvalue weighted by molar-refractivity contribution is -0.126. The number of carbonyl (C=O) groups is 2. The zero-order valence-electron chi connectivity index (χ0n) is 14.2. The molecule has 1 N–H and O–H groups in total. The number of aromatic nitrogens is 2. The molecule has 0 radical (unpaired) electrons. The van der Waals surface area contributed by atoms with E-state index < -0.39 is 0 Å². The third kappa shape index (κ3) is 3.48. The average Bonchev–Trinajstić information content (AvgIpc) is 3.01. The van der Waals surface area contributed by atoms with Gasteiger partial charge in [-0.15, -0.1) is 0 Å². The number of likely N-dealkylation sites (N-methyl/N-ethyl adjacent to an activating group) is 1. The van der Waals surface area contributed by atoms with Gasteiger partial charge < -0.3 is 10.2 Å². The van der Waals surface area contributed by atoms with E-state index in [0.29, 0.717) is 25.1 Å². The number of nitrogens with one attached hydrogen (secondary N) is 1. The third-order valence-corrected chi connectivity index (χ3v) is 4.30. The molecule has 2 heterocycles. The summed E-state index contributed by atoms with van der Waals surface area (Å²) in [6.45, 7) is 5.18. The summed E-state index contributed by atoms with van der Waals surface area (Å²) < 4.78 is 1.93. The van der Waals surface area contributed by atoms with E-state index in [2.05, 4.69) is 10.4 Å². The Morgan fingerprint density at radius 1 is 1.33 bits per heavy atom. The van der Waals surface area contributed by atoms with Gasteiger partial charge in [0.05, 0.1) is 18.3 Å². The summed E-state index contributed by atoms with van der Waals surface area (Å²) in [5.74, 6) is -0.0723. The Labute approximate surface area is 141 Å². The molecule has 24 heavy (non-hydrogen) atoms. The van der Waals surface area contributed by atoms with Crippen molar-refractivity contribution in [2.24, 2.45) is 0 Å². The van der Waals surface area contributed by atoms with Crippen LogP contribution in [-0.4, -0.2) is 46.1 Å². The molecule has 6 nitrogen and oxygen atoms in total. The van der Waals surface area contributed by atoms with E-state index in [4.69, 9.17) is 0 Å². The predicted octanol–water partition coefficient (Wildman–Crippen LogP) is 1.51. The van der Waals surface area contributed by atoms with Crippen LogP contribution in [0.2, 0.25) is 0 Å². The van der Waals surface area contributed by atoms with Gasteiger partial charge in [-0.05, 0) is 37.6 Å². The van der Waals surface area contributed by atoms with Gasteiger partial charge in [0.2, 0.25) is 5.91 Å². The Balaban J connectivity index is 1.69. The highest BCUT2D eigenvalue weighted by Crippen LogP contribution is 2.12. The SMILES string of the molecule is Cc1cc(C)n(Cc2cccc(C(=O)N[C@@H]3CC(=O)N(C)C3)c2)n1. The molecular formula is C18H22N4O2. The van der Waals surface area contributed by atoms with Gasteiger partial charge in [-0.25, -0.2) is 0 Å².